The zero-order chi connectivity index (χ0) is 17.1. The van der Waals surface area contributed by atoms with Crippen LogP contribution in [-0.4, -0.2) is 11.6 Å². The van der Waals surface area contributed by atoms with E-state index in [4.69, 9.17) is 0 Å². The number of hydrogen-bond donors (Lipinski definition) is 0. The van der Waals surface area contributed by atoms with Gasteiger partial charge >= 0.3 is 0 Å². The Hall–Kier alpha value is -0.660. The first-order chi connectivity index (χ1) is 11.5. The molecule has 3 rings (SSSR count). The molecule has 0 N–H and O–H groups in total. The highest BCUT2D eigenvalue weighted by Crippen LogP contribution is 2.39. The maximum atomic E-state index is 12.8. The van der Waals surface area contributed by atoms with Crippen molar-refractivity contribution in [2.45, 2.75) is 90.9 Å². The summed E-state index contributed by atoms with van der Waals surface area (Å²) < 4.78 is 0. The summed E-state index contributed by atoms with van der Waals surface area (Å²) in [5, 5.41) is 0. The Morgan fingerprint density at radius 1 is 0.458 bits per heavy atom. The van der Waals surface area contributed by atoms with Gasteiger partial charge in [0, 0.05) is 23.7 Å². The molecule has 0 aromatic rings. The van der Waals surface area contributed by atoms with Crippen molar-refractivity contribution in [2.75, 3.05) is 0 Å². The average molecular weight is 333 g/mol. The molecule has 0 atom stereocenters. The van der Waals surface area contributed by atoms with Gasteiger partial charge in [0.25, 0.3) is 0 Å². The van der Waals surface area contributed by atoms with E-state index < -0.39 is 0 Å². The maximum Gasteiger partial charge on any atom is 0.139 e. The molecule has 3 fully saturated rings. The van der Waals surface area contributed by atoms with Crippen molar-refractivity contribution in [3.05, 3.63) is 0 Å². The Morgan fingerprint density at radius 3 is 0.917 bits per heavy atom. The zero-order valence-corrected chi connectivity index (χ0v) is 15.8. The van der Waals surface area contributed by atoms with E-state index in [0.29, 0.717) is 23.4 Å². The molecule has 0 radical (unpaired) electrons. The number of ketones is 2. The SMILES string of the molecule is CC1CCC(C(=O)C2CCC(C(=O)C3CCC(C)CC3)CC2)CC1. The monoisotopic (exact) mass is 332 g/mol. The van der Waals surface area contributed by atoms with Gasteiger partial charge in [0.2, 0.25) is 0 Å². The highest BCUT2D eigenvalue weighted by atomic mass is 16.1. The van der Waals surface area contributed by atoms with Gasteiger partial charge in [0.05, 0.1) is 0 Å². The first-order valence-corrected chi connectivity index (χ1v) is 10.6. The van der Waals surface area contributed by atoms with Gasteiger partial charge in [-0.1, -0.05) is 39.5 Å². The summed E-state index contributed by atoms with van der Waals surface area (Å²) in [6.07, 6.45) is 13.3. The van der Waals surface area contributed by atoms with Crippen LogP contribution in [0.25, 0.3) is 0 Å². The third-order valence-electron chi connectivity index (χ3n) is 7.37. The lowest BCUT2D eigenvalue weighted by Crippen LogP contribution is -2.34. The number of carbonyl (C=O) groups is 2. The molecule has 3 aliphatic rings. The van der Waals surface area contributed by atoms with Crippen molar-refractivity contribution >= 4 is 11.6 Å². The predicted octanol–water partition coefficient (Wildman–Crippen LogP) is 5.58. The second-order valence-corrected chi connectivity index (χ2v) is 9.27. The van der Waals surface area contributed by atoms with Crippen LogP contribution in [0.3, 0.4) is 0 Å². The fraction of sp³-hybridized carbons (Fsp3) is 0.909. The highest BCUT2D eigenvalue weighted by molar-refractivity contribution is 5.85. The lowest BCUT2D eigenvalue weighted by Gasteiger charge is -2.34. The quantitative estimate of drug-likeness (QED) is 0.673. The summed E-state index contributed by atoms with van der Waals surface area (Å²) in [7, 11) is 0. The van der Waals surface area contributed by atoms with Crippen molar-refractivity contribution < 1.29 is 9.59 Å². The number of Topliss-reactive ketones (excluding diaryl/α,β-unsaturated/α-hetero) is 2. The van der Waals surface area contributed by atoms with Crippen LogP contribution < -0.4 is 0 Å². The molecule has 0 bridgehead atoms. The summed E-state index contributed by atoms with van der Waals surface area (Å²) in [4.78, 5) is 25.6. The summed E-state index contributed by atoms with van der Waals surface area (Å²) in [5.41, 5.74) is 0. The molecule has 0 heterocycles. The molecular formula is C22H36O2. The van der Waals surface area contributed by atoms with E-state index in [9.17, 15) is 9.59 Å². The molecule has 136 valence electrons. The Morgan fingerprint density at radius 2 is 0.667 bits per heavy atom. The van der Waals surface area contributed by atoms with E-state index in [0.717, 1.165) is 63.2 Å². The van der Waals surface area contributed by atoms with Gasteiger partial charge in [-0.25, -0.2) is 0 Å². The normalized spacial score (nSPS) is 40.9. The molecule has 3 saturated carbocycles. The lowest BCUT2D eigenvalue weighted by atomic mass is 9.69. The fourth-order valence-corrected chi connectivity index (χ4v) is 5.42. The molecule has 0 amide bonds. The topological polar surface area (TPSA) is 34.1 Å². The van der Waals surface area contributed by atoms with Gasteiger partial charge < -0.3 is 0 Å². The molecule has 0 aromatic carbocycles. The first kappa shape index (κ1) is 18.1. The number of carbonyl (C=O) groups excluding carboxylic acids is 2. The van der Waals surface area contributed by atoms with Gasteiger partial charge in [0.15, 0.2) is 0 Å². The Bertz CT molecular complexity index is 389. The summed E-state index contributed by atoms with van der Waals surface area (Å²) >= 11 is 0. The van der Waals surface area contributed by atoms with Gasteiger partial charge in [-0.2, -0.15) is 0 Å². The Labute approximate surface area is 148 Å². The molecule has 0 saturated heterocycles. The number of hydrogen-bond acceptors (Lipinski definition) is 2. The minimum atomic E-state index is 0.263. The second kappa shape index (κ2) is 8.15. The third kappa shape index (κ3) is 4.29. The van der Waals surface area contributed by atoms with Crippen LogP contribution in [0.1, 0.15) is 90.9 Å². The molecule has 3 aliphatic carbocycles. The molecule has 2 heteroatoms. The largest absolute Gasteiger partial charge is 0.299 e. The van der Waals surface area contributed by atoms with Crippen LogP contribution in [0, 0.1) is 35.5 Å². The first-order valence-electron chi connectivity index (χ1n) is 10.6. The van der Waals surface area contributed by atoms with Crippen molar-refractivity contribution in [2.24, 2.45) is 35.5 Å². The van der Waals surface area contributed by atoms with Gasteiger partial charge in [-0.3, -0.25) is 9.59 Å². The summed E-state index contributed by atoms with van der Waals surface area (Å²) in [5.74, 6) is 3.88. The molecule has 0 aliphatic heterocycles. The van der Waals surface area contributed by atoms with E-state index in [1.165, 1.54) is 25.7 Å². The molecule has 24 heavy (non-hydrogen) atoms. The van der Waals surface area contributed by atoms with E-state index >= 15 is 0 Å². The van der Waals surface area contributed by atoms with Crippen LogP contribution in [-0.2, 0) is 9.59 Å². The smallest absolute Gasteiger partial charge is 0.139 e. The lowest BCUT2D eigenvalue weighted by molar-refractivity contribution is -0.133. The standard InChI is InChI=1S/C22H36O2/c1-15-3-7-17(8-4-15)21(23)19-11-13-20(14-12-19)22(24)18-9-5-16(2)6-10-18/h15-20H,3-14H2,1-2H3. The van der Waals surface area contributed by atoms with Crippen LogP contribution in [0.5, 0.6) is 0 Å². The van der Waals surface area contributed by atoms with Crippen molar-refractivity contribution in [1.29, 1.82) is 0 Å². The summed E-state index contributed by atoms with van der Waals surface area (Å²) in [6, 6.07) is 0. The Kier molecular flexibility index (Phi) is 6.16. The second-order valence-electron chi connectivity index (χ2n) is 9.27. The van der Waals surface area contributed by atoms with Crippen LogP contribution in [0.4, 0.5) is 0 Å². The molecule has 0 unspecified atom stereocenters. The zero-order valence-electron chi connectivity index (χ0n) is 15.8. The molecule has 2 nitrogen and oxygen atoms in total. The van der Waals surface area contributed by atoms with Crippen LogP contribution in [0.2, 0.25) is 0 Å². The Balaban J connectivity index is 1.45. The average Bonchev–Trinajstić information content (AvgIpc) is 2.62. The van der Waals surface area contributed by atoms with Crippen molar-refractivity contribution in [3.63, 3.8) is 0 Å². The van der Waals surface area contributed by atoms with Crippen LogP contribution in [0.15, 0.2) is 0 Å². The van der Waals surface area contributed by atoms with Crippen molar-refractivity contribution in [3.8, 4) is 0 Å². The van der Waals surface area contributed by atoms with E-state index in [-0.39, 0.29) is 11.8 Å². The van der Waals surface area contributed by atoms with E-state index in [1.807, 2.05) is 0 Å². The highest BCUT2D eigenvalue weighted by Gasteiger charge is 2.36. The fourth-order valence-electron chi connectivity index (χ4n) is 5.42. The van der Waals surface area contributed by atoms with Gasteiger partial charge in [-0.15, -0.1) is 0 Å². The molecule has 0 spiro atoms. The van der Waals surface area contributed by atoms with E-state index in [2.05, 4.69) is 13.8 Å². The minimum Gasteiger partial charge on any atom is -0.299 e. The van der Waals surface area contributed by atoms with E-state index in [1.54, 1.807) is 0 Å². The van der Waals surface area contributed by atoms with Crippen LogP contribution >= 0.6 is 0 Å². The maximum absolute atomic E-state index is 12.8. The minimum absolute atomic E-state index is 0.263. The summed E-state index contributed by atoms with van der Waals surface area (Å²) in [6.45, 7) is 4.62. The molecule has 0 aromatic heterocycles. The predicted molar refractivity (Wildman–Crippen MR) is 97.7 cm³/mol. The van der Waals surface area contributed by atoms with Crippen molar-refractivity contribution in [1.82, 2.24) is 0 Å². The number of rotatable bonds is 4. The molecular weight excluding hydrogens is 296 g/mol. The van der Waals surface area contributed by atoms with Gasteiger partial charge in [0.1, 0.15) is 11.6 Å². The van der Waals surface area contributed by atoms with Gasteiger partial charge in [-0.05, 0) is 63.2 Å². The third-order valence-corrected chi connectivity index (χ3v) is 7.37.